The van der Waals surface area contributed by atoms with Crippen molar-refractivity contribution in [3.63, 3.8) is 0 Å². The van der Waals surface area contributed by atoms with Crippen LogP contribution >= 0.6 is 0 Å². The zero-order valence-electron chi connectivity index (χ0n) is 34.0. The summed E-state index contributed by atoms with van der Waals surface area (Å²) in [7, 11) is -6.93. The molecule has 2 heterocycles. The van der Waals surface area contributed by atoms with Crippen LogP contribution in [0.25, 0.3) is 12.2 Å². The molecule has 0 amide bonds. The molecular formula is C38H38N12Na2O8S2. The van der Waals surface area contributed by atoms with E-state index >= 15 is 0 Å². The van der Waals surface area contributed by atoms with E-state index in [0.29, 0.717) is 11.4 Å². The van der Waals surface area contributed by atoms with E-state index in [4.69, 9.17) is 0 Å². The smallest absolute Gasteiger partial charge is 0.744 e. The molecular weight excluding hydrogens is 863 g/mol. The summed E-state index contributed by atoms with van der Waals surface area (Å²) in [5.41, 5.74) is 1.34. The summed E-state index contributed by atoms with van der Waals surface area (Å²) in [6, 6.07) is 25.7. The van der Waals surface area contributed by atoms with Gasteiger partial charge in [-0.25, -0.2) is 16.8 Å². The number of hydrogen-bond donors (Lipinski definition) is 6. The summed E-state index contributed by atoms with van der Waals surface area (Å²) >= 11 is 0. The number of nitrogens with zero attached hydrogens (tertiary/aromatic N) is 8. The molecule has 2 aromatic heterocycles. The summed E-state index contributed by atoms with van der Waals surface area (Å²) in [5.74, 6) is 0.579. The molecule has 6 rings (SSSR count). The molecule has 0 spiro atoms. The van der Waals surface area contributed by atoms with Gasteiger partial charge in [-0.2, -0.15) is 29.9 Å². The van der Waals surface area contributed by atoms with Gasteiger partial charge in [0.15, 0.2) is 0 Å². The van der Waals surface area contributed by atoms with E-state index in [-0.39, 0.29) is 144 Å². The summed E-state index contributed by atoms with van der Waals surface area (Å²) in [6.45, 7) is 0.0195. The first-order chi connectivity index (χ1) is 28.7. The molecule has 6 N–H and O–H groups in total. The van der Waals surface area contributed by atoms with Crippen molar-refractivity contribution >= 4 is 90.8 Å². The van der Waals surface area contributed by atoms with Crippen molar-refractivity contribution in [2.45, 2.75) is 9.79 Å². The largest absolute Gasteiger partial charge is 1.00 e. The molecule has 0 aliphatic rings. The number of aliphatic hydroxyl groups excluding tert-OH is 2. The second-order valence-corrected chi connectivity index (χ2v) is 15.5. The average Bonchev–Trinajstić information content (AvgIpc) is 3.20. The van der Waals surface area contributed by atoms with Gasteiger partial charge in [0.25, 0.3) is 0 Å². The van der Waals surface area contributed by atoms with E-state index in [1.807, 2.05) is 36.4 Å². The van der Waals surface area contributed by atoms with Crippen molar-refractivity contribution in [3.05, 3.63) is 108 Å². The third kappa shape index (κ3) is 13.8. The fourth-order valence-corrected chi connectivity index (χ4v) is 6.86. The molecule has 6 aromatic rings. The van der Waals surface area contributed by atoms with Gasteiger partial charge in [0.1, 0.15) is 20.2 Å². The van der Waals surface area contributed by atoms with Gasteiger partial charge in [-0.05, 0) is 59.7 Å². The Balaban J connectivity index is 0.00000422. The van der Waals surface area contributed by atoms with Crippen molar-refractivity contribution in [3.8, 4) is 0 Å². The van der Waals surface area contributed by atoms with Crippen LogP contribution in [-0.4, -0.2) is 106 Å². The Labute approximate surface area is 402 Å². The van der Waals surface area contributed by atoms with E-state index in [2.05, 4.69) is 51.2 Å². The first-order valence-electron chi connectivity index (χ1n) is 17.9. The Morgan fingerprint density at radius 1 is 0.516 bits per heavy atom. The number of benzene rings is 4. The Kier molecular flexibility index (Phi) is 18.1. The number of anilines is 10. The molecule has 0 saturated heterocycles. The molecule has 0 bridgehead atoms. The normalized spacial score (nSPS) is 11.3. The summed E-state index contributed by atoms with van der Waals surface area (Å²) in [5, 5.41) is 30.8. The van der Waals surface area contributed by atoms with Crippen molar-refractivity contribution in [1.29, 1.82) is 0 Å². The fraction of sp³-hybridized carbons (Fsp3) is 0.158. The molecule has 62 heavy (non-hydrogen) atoms. The van der Waals surface area contributed by atoms with Crippen LogP contribution in [0.3, 0.4) is 0 Å². The van der Waals surface area contributed by atoms with Crippen molar-refractivity contribution in [2.24, 2.45) is 0 Å². The number of likely N-dealkylation sites (N-methyl/N-ethyl adjacent to an activating group) is 2. The monoisotopic (exact) mass is 900 g/mol. The molecule has 4 aromatic carbocycles. The van der Waals surface area contributed by atoms with Gasteiger partial charge in [0, 0.05) is 49.9 Å². The van der Waals surface area contributed by atoms with Crippen LogP contribution in [0.4, 0.5) is 58.4 Å². The first-order valence-corrected chi connectivity index (χ1v) is 20.7. The predicted octanol–water partition coefficient (Wildman–Crippen LogP) is -2.13. The summed E-state index contributed by atoms with van der Waals surface area (Å²) in [4.78, 5) is 28.1. The number of rotatable bonds is 18. The van der Waals surface area contributed by atoms with Gasteiger partial charge < -0.3 is 50.4 Å². The Morgan fingerprint density at radius 2 is 0.839 bits per heavy atom. The van der Waals surface area contributed by atoms with Crippen LogP contribution in [-0.2, 0) is 20.2 Å². The number of aliphatic hydroxyl groups is 2. The zero-order valence-corrected chi connectivity index (χ0v) is 39.6. The number of nitrogens with one attached hydrogen (secondary N) is 4. The molecule has 0 aliphatic carbocycles. The summed E-state index contributed by atoms with van der Waals surface area (Å²) in [6.07, 6.45) is 2.38. The second kappa shape index (κ2) is 22.5. The van der Waals surface area contributed by atoms with Gasteiger partial charge in [-0.3, -0.25) is 0 Å². The number of aromatic nitrogens is 6. The quantitative estimate of drug-likeness (QED) is 0.0305. The van der Waals surface area contributed by atoms with Gasteiger partial charge in [0.05, 0.1) is 23.0 Å². The van der Waals surface area contributed by atoms with Crippen LogP contribution < -0.4 is 90.2 Å². The maximum Gasteiger partial charge on any atom is 1.00 e. The fourth-order valence-electron chi connectivity index (χ4n) is 5.47. The molecule has 312 valence electrons. The van der Waals surface area contributed by atoms with Crippen LogP contribution in [0.1, 0.15) is 11.1 Å². The van der Waals surface area contributed by atoms with Gasteiger partial charge in [-0.1, -0.05) is 60.7 Å². The third-order valence-corrected chi connectivity index (χ3v) is 10.2. The van der Waals surface area contributed by atoms with E-state index < -0.39 is 30.0 Å². The average molecular weight is 901 g/mol. The van der Waals surface area contributed by atoms with Crippen molar-refractivity contribution in [1.82, 2.24) is 29.9 Å². The maximum atomic E-state index is 12.5. The zero-order chi connectivity index (χ0) is 42.9. The minimum Gasteiger partial charge on any atom is -0.744 e. The molecule has 0 saturated carbocycles. The van der Waals surface area contributed by atoms with Crippen molar-refractivity contribution in [2.75, 3.05) is 71.5 Å². The van der Waals surface area contributed by atoms with Gasteiger partial charge >= 0.3 is 59.1 Å². The molecule has 20 nitrogen and oxygen atoms in total. The molecule has 0 fully saturated rings. The van der Waals surface area contributed by atoms with E-state index in [9.17, 15) is 36.2 Å². The van der Waals surface area contributed by atoms with Crippen LogP contribution in [0.5, 0.6) is 0 Å². The third-order valence-electron chi connectivity index (χ3n) is 8.38. The van der Waals surface area contributed by atoms with Gasteiger partial charge in [-0.15, -0.1) is 0 Å². The molecule has 0 aliphatic heterocycles. The molecule has 0 radical (unpaired) electrons. The molecule has 0 atom stereocenters. The number of hydrogen-bond acceptors (Lipinski definition) is 20. The van der Waals surface area contributed by atoms with Crippen LogP contribution in [0.15, 0.2) is 107 Å². The van der Waals surface area contributed by atoms with Crippen LogP contribution in [0.2, 0.25) is 0 Å². The second-order valence-electron chi connectivity index (χ2n) is 12.8. The van der Waals surface area contributed by atoms with Crippen LogP contribution in [0, 0.1) is 0 Å². The van der Waals surface area contributed by atoms with E-state index in [1.165, 1.54) is 36.4 Å². The van der Waals surface area contributed by atoms with E-state index in [1.54, 1.807) is 48.2 Å². The van der Waals surface area contributed by atoms with E-state index in [0.717, 1.165) is 12.1 Å². The minimum atomic E-state index is -5.12. The Hall–Kier alpha value is -4.82. The van der Waals surface area contributed by atoms with Gasteiger partial charge in [0.2, 0.25) is 35.7 Å². The number of para-hydroxylation sites is 2. The molecule has 24 heteroatoms. The Bertz CT molecular complexity index is 2530. The predicted molar refractivity (Wildman–Crippen MR) is 224 cm³/mol. The minimum absolute atomic E-state index is 0. The SMILES string of the molecule is CN(CCO)c1nc(Nc2ccccc2)nc(Nc2ccc(/C=C/c3ccc(Nc4nc(Nc5ccccc5)nc(N(C)CCO)n4)cc3S(=O)(=O)[O-])c(S(=O)(=O)[O-])c2)n1.[Na+].[Na+]. The standard InChI is InChI=1S/C38H40N12O8S2.2Na/c1-49(19-21-51)37-45-33(39-27-9-5-3-6-10-27)43-35(47-37)41-29-17-15-25(31(23-29)59(53,54)55)13-14-26-16-18-30(24-32(26)60(56,57)58)42-36-44-34(40-28-11-7-4-8-12-28)46-38(48-36)50(2)20-22-52;;/h3-18,23-24,51-52H,19-22H2,1-2H3,(H,53,54,55)(H,56,57,58)(H2,39,41,43,45,47)(H2,40,42,44,46,48);;/q;2*+1/p-2/b14-13+;;. The summed E-state index contributed by atoms with van der Waals surface area (Å²) < 4.78 is 75.2. The molecule has 0 unspecified atom stereocenters. The maximum absolute atomic E-state index is 12.5. The Morgan fingerprint density at radius 3 is 1.15 bits per heavy atom. The first kappa shape index (κ1) is 49.8. The topological polar surface area (TPSA) is 287 Å². The van der Waals surface area contributed by atoms with Crippen molar-refractivity contribution < 1.29 is 95.3 Å².